The predicted molar refractivity (Wildman–Crippen MR) is 98.8 cm³/mol. The number of nitrogens with zero attached hydrogens (tertiary/aromatic N) is 4. The van der Waals surface area contributed by atoms with Crippen molar-refractivity contribution in [3.05, 3.63) is 30.6 Å². The summed E-state index contributed by atoms with van der Waals surface area (Å²) >= 11 is 2.82. The molecule has 4 rings (SSSR count). The minimum atomic E-state index is 0.0693. The second-order valence-electron chi connectivity index (χ2n) is 6.00. The molecule has 1 aliphatic rings. The van der Waals surface area contributed by atoms with Gasteiger partial charge in [0.05, 0.1) is 5.52 Å². The fourth-order valence-corrected chi connectivity index (χ4v) is 4.77. The molecule has 1 N–H and O–H groups in total. The highest BCUT2D eigenvalue weighted by Gasteiger charge is 2.22. The van der Waals surface area contributed by atoms with Crippen molar-refractivity contribution in [2.75, 3.05) is 5.32 Å². The van der Waals surface area contributed by atoms with Crippen molar-refractivity contribution < 1.29 is 4.79 Å². The van der Waals surface area contributed by atoms with Crippen LogP contribution in [-0.4, -0.2) is 26.1 Å². The first kappa shape index (κ1) is 16.4. The van der Waals surface area contributed by atoms with Gasteiger partial charge in [0.15, 0.2) is 4.34 Å². The summed E-state index contributed by atoms with van der Waals surface area (Å²) in [6.45, 7) is 0. The van der Waals surface area contributed by atoms with Crippen LogP contribution in [0.4, 0.5) is 5.13 Å². The van der Waals surface area contributed by atoms with Gasteiger partial charge in [-0.05, 0) is 30.7 Å². The number of hydrogen-bond acceptors (Lipinski definition) is 7. The van der Waals surface area contributed by atoms with Crippen LogP contribution in [0.1, 0.15) is 32.1 Å². The van der Waals surface area contributed by atoms with E-state index in [0.29, 0.717) is 5.13 Å². The molecule has 2 heterocycles. The highest BCUT2D eigenvalue weighted by Crippen LogP contribution is 2.34. The van der Waals surface area contributed by atoms with Gasteiger partial charge in [0.2, 0.25) is 11.0 Å². The third kappa shape index (κ3) is 3.80. The molecule has 1 aliphatic carbocycles. The second-order valence-corrected chi connectivity index (χ2v) is 8.21. The Labute approximate surface area is 153 Å². The van der Waals surface area contributed by atoms with E-state index >= 15 is 0 Å². The zero-order valence-electron chi connectivity index (χ0n) is 13.5. The van der Waals surface area contributed by atoms with Gasteiger partial charge in [0.1, 0.15) is 11.4 Å². The highest BCUT2D eigenvalue weighted by atomic mass is 32.2. The molecule has 25 heavy (non-hydrogen) atoms. The van der Waals surface area contributed by atoms with Crippen molar-refractivity contribution >= 4 is 45.0 Å². The molecule has 0 unspecified atom stereocenters. The van der Waals surface area contributed by atoms with E-state index < -0.39 is 0 Å². The first-order valence-corrected chi connectivity index (χ1v) is 9.95. The van der Waals surface area contributed by atoms with Crippen LogP contribution in [0.25, 0.3) is 10.9 Å². The largest absolute Gasteiger partial charge is 0.300 e. The number of carbonyl (C=O) groups excluding carboxylic acids is 1. The monoisotopic (exact) mass is 371 g/mol. The molecule has 1 amide bonds. The summed E-state index contributed by atoms with van der Waals surface area (Å²) in [5, 5.41) is 13.6. The van der Waals surface area contributed by atoms with Crippen molar-refractivity contribution in [2.24, 2.45) is 5.92 Å². The van der Waals surface area contributed by atoms with Crippen LogP contribution in [0, 0.1) is 5.92 Å². The van der Waals surface area contributed by atoms with E-state index in [9.17, 15) is 4.79 Å². The Balaban J connectivity index is 1.46. The Kier molecular flexibility index (Phi) is 4.89. The Morgan fingerprint density at radius 1 is 1.12 bits per heavy atom. The van der Waals surface area contributed by atoms with Crippen molar-refractivity contribution in [3.63, 3.8) is 0 Å². The number of aromatic nitrogens is 4. The van der Waals surface area contributed by atoms with Crippen LogP contribution >= 0.6 is 23.1 Å². The molecule has 0 radical (unpaired) electrons. The van der Waals surface area contributed by atoms with Crippen molar-refractivity contribution in [2.45, 2.75) is 41.5 Å². The van der Waals surface area contributed by atoms with Gasteiger partial charge in [-0.15, -0.1) is 10.2 Å². The maximum atomic E-state index is 12.3. The number of hydrogen-bond donors (Lipinski definition) is 1. The lowest BCUT2D eigenvalue weighted by molar-refractivity contribution is -0.120. The van der Waals surface area contributed by atoms with Crippen LogP contribution in [0.3, 0.4) is 0 Å². The molecule has 3 aromatic rings. The number of benzene rings is 1. The molecule has 8 heteroatoms. The first-order chi connectivity index (χ1) is 12.3. The Morgan fingerprint density at radius 3 is 2.84 bits per heavy atom. The van der Waals surface area contributed by atoms with Gasteiger partial charge in [-0.3, -0.25) is 4.79 Å². The van der Waals surface area contributed by atoms with E-state index in [4.69, 9.17) is 0 Å². The maximum Gasteiger partial charge on any atom is 0.229 e. The molecule has 1 saturated carbocycles. The van der Waals surface area contributed by atoms with Crippen LogP contribution in [0.15, 0.2) is 40.0 Å². The van der Waals surface area contributed by atoms with Crippen molar-refractivity contribution in [1.82, 2.24) is 20.2 Å². The van der Waals surface area contributed by atoms with Gasteiger partial charge < -0.3 is 5.32 Å². The summed E-state index contributed by atoms with van der Waals surface area (Å²) in [6.07, 6.45) is 7.00. The standard InChI is InChI=1S/C17H17N5OS2/c23-14(11-6-2-1-3-7-11)20-16-21-22-17(25-16)24-15-12-8-4-5-9-13(12)18-10-19-15/h4-5,8-11H,1-3,6-7H2,(H,20,21,23). The van der Waals surface area contributed by atoms with Crippen LogP contribution in [0.5, 0.6) is 0 Å². The molecular formula is C17H17N5OS2. The van der Waals surface area contributed by atoms with Gasteiger partial charge in [-0.1, -0.05) is 48.8 Å². The van der Waals surface area contributed by atoms with E-state index in [1.165, 1.54) is 29.5 Å². The average Bonchev–Trinajstić information content (AvgIpc) is 3.09. The van der Waals surface area contributed by atoms with Gasteiger partial charge >= 0.3 is 0 Å². The maximum absolute atomic E-state index is 12.3. The van der Waals surface area contributed by atoms with Gasteiger partial charge in [0.25, 0.3) is 0 Å². The quantitative estimate of drug-likeness (QED) is 0.548. The van der Waals surface area contributed by atoms with Crippen LogP contribution in [-0.2, 0) is 4.79 Å². The summed E-state index contributed by atoms with van der Waals surface area (Å²) in [6, 6.07) is 7.86. The molecule has 1 fully saturated rings. The van der Waals surface area contributed by atoms with Gasteiger partial charge in [-0.25, -0.2) is 9.97 Å². The Hall–Kier alpha value is -2.06. The predicted octanol–water partition coefficient (Wildman–Crippen LogP) is 4.15. The van der Waals surface area contributed by atoms with Gasteiger partial charge in [-0.2, -0.15) is 0 Å². The normalized spacial score (nSPS) is 15.4. The second kappa shape index (κ2) is 7.45. The molecule has 0 aliphatic heterocycles. The zero-order chi connectivity index (χ0) is 17.1. The third-order valence-corrected chi connectivity index (χ3v) is 6.21. The van der Waals surface area contributed by atoms with Gasteiger partial charge in [0, 0.05) is 11.3 Å². The van der Waals surface area contributed by atoms with E-state index in [2.05, 4.69) is 25.5 Å². The molecule has 0 spiro atoms. The minimum Gasteiger partial charge on any atom is -0.300 e. The number of amides is 1. The van der Waals surface area contributed by atoms with E-state index in [1.807, 2.05) is 24.3 Å². The van der Waals surface area contributed by atoms with E-state index in [0.717, 1.165) is 46.0 Å². The molecule has 1 aromatic carbocycles. The van der Waals surface area contributed by atoms with Crippen molar-refractivity contribution in [1.29, 1.82) is 0 Å². The summed E-state index contributed by atoms with van der Waals surface area (Å²) < 4.78 is 0.753. The first-order valence-electron chi connectivity index (χ1n) is 8.31. The lowest BCUT2D eigenvalue weighted by Gasteiger charge is -2.19. The Bertz CT molecular complexity index is 886. The highest BCUT2D eigenvalue weighted by molar-refractivity contribution is 8.01. The molecule has 0 saturated heterocycles. The zero-order valence-corrected chi connectivity index (χ0v) is 15.1. The van der Waals surface area contributed by atoms with Crippen molar-refractivity contribution in [3.8, 4) is 0 Å². The van der Waals surface area contributed by atoms with E-state index in [1.54, 1.807) is 6.33 Å². The molecule has 0 bridgehead atoms. The molecular weight excluding hydrogens is 354 g/mol. The number of nitrogens with one attached hydrogen (secondary N) is 1. The molecule has 6 nitrogen and oxygen atoms in total. The van der Waals surface area contributed by atoms with Crippen LogP contribution < -0.4 is 5.32 Å². The fraction of sp³-hybridized carbons (Fsp3) is 0.353. The van der Waals surface area contributed by atoms with Crippen LogP contribution in [0.2, 0.25) is 0 Å². The lowest BCUT2D eigenvalue weighted by atomic mass is 9.89. The van der Waals surface area contributed by atoms with E-state index in [-0.39, 0.29) is 11.8 Å². The summed E-state index contributed by atoms with van der Waals surface area (Å²) in [4.78, 5) is 20.9. The SMILES string of the molecule is O=C(Nc1nnc(Sc2ncnc3ccccc23)s1)C1CCCCC1. The smallest absolute Gasteiger partial charge is 0.229 e. The minimum absolute atomic E-state index is 0.0693. The number of carbonyl (C=O) groups is 1. The Morgan fingerprint density at radius 2 is 1.96 bits per heavy atom. The molecule has 0 atom stereocenters. The fourth-order valence-electron chi connectivity index (χ4n) is 3.02. The molecule has 2 aromatic heterocycles. The number of fused-ring (bicyclic) bond motifs is 1. The number of anilines is 1. The summed E-state index contributed by atoms with van der Waals surface area (Å²) in [7, 11) is 0. The number of rotatable bonds is 4. The topological polar surface area (TPSA) is 80.7 Å². The molecule has 128 valence electrons. The third-order valence-electron chi connectivity index (χ3n) is 4.30. The average molecular weight is 371 g/mol. The summed E-state index contributed by atoms with van der Waals surface area (Å²) in [5.74, 6) is 0.180. The lowest BCUT2D eigenvalue weighted by Crippen LogP contribution is -2.24. The number of para-hydroxylation sites is 1. The summed E-state index contributed by atoms with van der Waals surface area (Å²) in [5.41, 5.74) is 0.898.